The van der Waals surface area contributed by atoms with E-state index in [0.29, 0.717) is 23.6 Å². The fourth-order valence-electron chi connectivity index (χ4n) is 2.96. The topological polar surface area (TPSA) is 40.2 Å². The summed E-state index contributed by atoms with van der Waals surface area (Å²) in [5.74, 6) is 2.64. The summed E-state index contributed by atoms with van der Waals surface area (Å²) in [4.78, 5) is 4.59. The van der Waals surface area contributed by atoms with Crippen molar-refractivity contribution in [2.45, 2.75) is 13.5 Å². The molecule has 0 amide bonds. The number of hydrogen-bond acceptors (Lipinski definition) is 3. The molecule has 0 spiro atoms. The van der Waals surface area contributed by atoms with Crippen LogP contribution in [0, 0.1) is 12.7 Å². The number of fused-ring (bicyclic) bond motifs is 1. The number of halogens is 1. The molecule has 0 N–H and O–H groups in total. The van der Waals surface area contributed by atoms with Crippen molar-refractivity contribution < 1.29 is 13.5 Å². The van der Waals surface area contributed by atoms with Gasteiger partial charge in [0.25, 0.3) is 0 Å². The first-order chi connectivity index (χ1) is 12.1. The van der Waals surface area contributed by atoms with Crippen LogP contribution in [-0.2, 0) is 6.54 Å². The molecule has 4 rings (SSSR count). The molecule has 0 atom stereocenters. The Bertz CT molecular complexity index is 1050. The highest BCUT2D eigenvalue weighted by molar-refractivity contribution is 5.80. The zero-order valence-electron chi connectivity index (χ0n) is 14.0. The summed E-state index contributed by atoms with van der Waals surface area (Å²) in [6.45, 7) is 2.46. The maximum atomic E-state index is 13.6. The van der Waals surface area contributed by atoms with Crippen LogP contribution in [0.5, 0.6) is 5.75 Å². The fraction of sp³-hybridized carbons (Fsp3) is 0.150. The minimum Gasteiger partial charge on any atom is -0.497 e. The Morgan fingerprint density at radius 1 is 1.12 bits per heavy atom. The molecule has 0 unspecified atom stereocenters. The van der Waals surface area contributed by atoms with Crippen LogP contribution in [0.2, 0.25) is 0 Å². The minimum atomic E-state index is -0.305. The number of rotatable bonds is 4. The standard InChI is InChI=1S/C20H17FN2O2/c1-13-6-9-19(25-13)20-22-17-11-15(21)7-8-18(17)23(20)12-14-4-3-5-16(10-14)24-2/h3-11H,12H2,1-2H3. The van der Waals surface area contributed by atoms with Crippen molar-refractivity contribution in [3.63, 3.8) is 0 Å². The average molecular weight is 336 g/mol. The molecule has 4 nitrogen and oxygen atoms in total. The summed E-state index contributed by atoms with van der Waals surface area (Å²) in [6, 6.07) is 16.3. The maximum Gasteiger partial charge on any atom is 0.177 e. The van der Waals surface area contributed by atoms with E-state index in [-0.39, 0.29) is 5.82 Å². The summed E-state index contributed by atoms with van der Waals surface area (Å²) in [5, 5.41) is 0. The third-order valence-corrected chi connectivity index (χ3v) is 4.15. The Labute approximate surface area is 144 Å². The summed E-state index contributed by atoms with van der Waals surface area (Å²) in [6.07, 6.45) is 0. The molecule has 25 heavy (non-hydrogen) atoms. The third-order valence-electron chi connectivity index (χ3n) is 4.15. The molecule has 4 aromatic rings. The molecule has 0 aliphatic carbocycles. The van der Waals surface area contributed by atoms with Crippen molar-refractivity contribution >= 4 is 11.0 Å². The minimum absolute atomic E-state index is 0.305. The van der Waals surface area contributed by atoms with Gasteiger partial charge < -0.3 is 13.7 Å². The van der Waals surface area contributed by atoms with Crippen molar-refractivity contribution in [3.05, 3.63) is 71.7 Å². The largest absolute Gasteiger partial charge is 0.497 e. The Kier molecular flexibility index (Phi) is 3.76. The highest BCUT2D eigenvalue weighted by atomic mass is 19.1. The van der Waals surface area contributed by atoms with Gasteiger partial charge in [-0.15, -0.1) is 0 Å². The van der Waals surface area contributed by atoms with Crippen LogP contribution in [0.25, 0.3) is 22.6 Å². The van der Waals surface area contributed by atoms with E-state index < -0.39 is 0 Å². The molecule has 0 radical (unpaired) electrons. The number of furan rings is 1. The van der Waals surface area contributed by atoms with Crippen molar-refractivity contribution in [2.75, 3.05) is 7.11 Å². The van der Waals surface area contributed by atoms with Crippen LogP contribution >= 0.6 is 0 Å². The highest BCUT2D eigenvalue weighted by Crippen LogP contribution is 2.28. The Morgan fingerprint density at radius 3 is 2.76 bits per heavy atom. The van der Waals surface area contributed by atoms with E-state index in [1.807, 2.05) is 47.9 Å². The second kappa shape index (κ2) is 6.09. The summed E-state index contributed by atoms with van der Waals surface area (Å²) in [5.41, 5.74) is 2.52. The van der Waals surface area contributed by atoms with Gasteiger partial charge in [0, 0.05) is 12.6 Å². The van der Waals surface area contributed by atoms with E-state index in [1.54, 1.807) is 13.2 Å². The van der Waals surface area contributed by atoms with Crippen molar-refractivity contribution in [2.24, 2.45) is 0 Å². The van der Waals surface area contributed by atoms with Crippen molar-refractivity contribution in [1.29, 1.82) is 0 Å². The summed E-state index contributed by atoms with van der Waals surface area (Å²) in [7, 11) is 1.64. The predicted octanol–water partition coefficient (Wildman–Crippen LogP) is 4.80. The Hall–Kier alpha value is -3.08. The molecule has 5 heteroatoms. The van der Waals surface area contributed by atoms with E-state index in [9.17, 15) is 4.39 Å². The van der Waals surface area contributed by atoms with Crippen molar-refractivity contribution in [3.8, 4) is 17.3 Å². The molecule has 0 fully saturated rings. The van der Waals surface area contributed by atoms with Gasteiger partial charge in [0.15, 0.2) is 11.6 Å². The van der Waals surface area contributed by atoms with Gasteiger partial charge in [0.1, 0.15) is 17.3 Å². The first kappa shape index (κ1) is 15.4. The molecule has 2 aromatic heterocycles. The zero-order chi connectivity index (χ0) is 17.4. The van der Waals surface area contributed by atoms with E-state index in [0.717, 1.165) is 22.6 Å². The lowest BCUT2D eigenvalue weighted by atomic mass is 10.2. The normalized spacial score (nSPS) is 11.2. The van der Waals surface area contributed by atoms with Gasteiger partial charge >= 0.3 is 0 Å². The molecule has 2 heterocycles. The van der Waals surface area contributed by atoms with Crippen LogP contribution in [0.1, 0.15) is 11.3 Å². The Balaban J connectivity index is 1.87. The lowest BCUT2D eigenvalue weighted by molar-refractivity contribution is 0.414. The number of ether oxygens (including phenoxy) is 1. The van der Waals surface area contributed by atoms with Gasteiger partial charge in [0.05, 0.1) is 18.1 Å². The molecule has 0 saturated heterocycles. The number of benzene rings is 2. The van der Waals surface area contributed by atoms with Gasteiger partial charge in [-0.3, -0.25) is 0 Å². The van der Waals surface area contributed by atoms with E-state index in [4.69, 9.17) is 9.15 Å². The molecule has 126 valence electrons. The van der Waals surface area contributed by atoms with Crippen LogP contribution < -0.4 is 4.74 Å². The smallest absolute Gasteiger partial charge is 0.177 e. The van der Waals surface area contributed by atoms with E-state index in [1.165, 1.54) is 12.1 Å². The Morgan fingerprint density at radius 2 is 2.00 bits per heavy atom. The monoisotopic (exact) mass is 336 g/mol. The second-order valence-corrected chi connectivity index (χ2v) is 5.92. The number of nitrogens with zero attached hydrogens (tertiary/aromatic N) is 2. The molecule has 0 saturated carbocycles. The van der Waals surface area contributed by atoms with Crippen LogP contribution in [0.15, 0.2) is 59.0 Å². The van der Waals surface area contributed by atoms with E-state index in [2.05, 4.69) is 4.98 Å². The predicted molar refractivity (Wildman–Crippen MR) is 94.2 cm³/mol. The molecule has 0 bridgehead atoms. The summed E-state index contributed by atoms with van der Waals surface area (Å²) < 4.78 is 26.7. The van der Waals surface area contributed by atoms with Gasteiger partial charge in [-0.25, -0.2) is 9.37 Å². The van der Waals surface area contributed by atoms with Gasteiger partial charge in [-0.1, -0.05) is 12.1 Å². The molecule has 0 aliphatic heterocycles. The van der Waals surface area contributed by atoms with Gasteiger partial charge in [-0.2, -0.15) is 0 Å². The lowest BCUT2D eigenvalue weighted by Crippen LogP contribution is -2.02. The number of methoxy groups -OCH3 is 1. The van der Waals surface area contributed by atoms with Crippen molar-refractivity contribution in [1.82, 2.24) is 9.55 Å². The first-order valence-electron chi connectivity index (χ1n) is 7.99. The molecule has 0 aliphatic rings. The van der Waals surface area contributed by atoms with Crippen LogP contribution in [0.3, 0.4) is 0 Å². The zero-order valence-corrected chi connectivity index (χ0v) is 14.0. The third kappa shape index (κ3) is 2.89. The van der Waals surface area contributed by atoms with E-state index >= 15 is 0 Å². The van der Waals surface area contributed by atoms with Gasteiger partial charge in [-0.05, 0) is 48.9 Å². The van der Waals surface area contributed by atoms with Gasteiger partial charge in [0.2, 0.25) is 0 Å². The SMILES string of the molecule is COc1cccc(Cn2c(-c3ccc(C)o3)nc3cc(F)ccc32)c1. The number of aromatic nitrogens is 2. The fourth-order valence-corrected chi connectivity index (χ4v) is 2.96. The van der Waals surface area contributed by atoms with Crippen LogP contribution in [0.4, 0.5) is 4.39 Å². The molecular formula is C20H17FN2O2. The quantitative estimate of drug-likeness (QED) is 0.537. The number of aryl methyl sites for hydroxylation is 1. The number of imidazole rings is 1. The first-order valence-corrected chi connectivity index (χ1v) is 7.99. The maximum absolute atomic E-state index is 13.6. The van der Waals surface area contributed by atoms with Crippen LogP contribution in [-0.4, -0.2) is 16.7 Å². The molecular weight excluding hydrogens is 319 g/mol. The number of hydrogen-bond donors (Lipinski definition) is 0. The lowest BCUT2D eigenvalue weighted by Gasteiger charge is -2.09. The molecule has 2 aromatic carbocycles. The summed E-state index contributed by atoms with van der Waals surface area (Å²) >= 11 is 0. The average Bonchev–Trinajstić information content (AvgIpc) is 3.18. The highest BCUT2D eigenvalue weighted by Gasteiger charge is 2.16. The second-order valence-electron chi connectivity index (χ2n) is 5.92.